The highest BCUT2D eigenvalue weighted by atomic mass is 16.5. The van der Waals surface area contributed by atoms with Crippen LogP contribution in [-0.4, -0.2) is 38.5 Å². The van der Waals surface area contributed by atoms with Crippen LogP contribution in [0, 0.1) is 5.92 Å². The summed E-state index contributed by atoms with van der Waals surface area (Å²) in [5.41, 5.74) is 0. The van der Waals surface area contributed by atoms with Crippen LogP contribution in [0.1, 0.15) is 45.4 Å². The van der Waals surface area contributed by atoms with E-state index in [2.05, 4.69) is 12.2 Å². The fourth-order valence-electron chi connectivity index (χ4n) is 2.94. The van der Waals surface area contributed by atoms with Gasteiger partial charge in [0.2, 0.25) is 0 Å². The van der Waals surface area contributed by atoms with Gasteiger partial charge in [0.05, 0.1) is 12.2 Å². The molecule has 100 valence electrons. The second kappa shape index (κ2) is 6.72. The molecular weight excluding hydrogens is 214 g/mol. The molecule has 0 aromatic rings. The molecule has 3 nitrogen and oxygen atoms in total. The normalized spacial score (nSPS) is 33.9. The van der Waals surface area contributed by atoms with Crippen LogP contribution in [0.3, 0.4) is 0 Å². The first-order chi connectivity index (χ1) is 8.35. The molecule has 2 fully saturated rings. The van der Waals surface area contributed by atoms with Crippen LogP contribution in [0.5, 0.6) is 0 Å². The summed E-state index contributed by atoms with van der Waals surface area (Å²) in [5.74, 6) is 0.815. The van der Waals surface area contributed by atoms with Crippen LogP contribution in [0.4, 0.5) is 0 Å². The first-order valence-corrected chi connectivity index (χ1v) is 7.25. The lowest BCUT2D eigenvalue weighted by molar-refractivity contribution is -0.151. The minimum Gasteiger partial charge on any atom is -0.375 e. The zero-order valence-corrected chi connectivity index (χ0v) is 11.3. The molecule has 0 radical (unpaired) electrons. The van der Waals surface area contributed by atoms with E-state index in [1.54, 1.807) is 0 Å². The lowest BCUT2D eigenvalue weighted by Crippen LogP contribution is -2.59. The zero-order chi connectivity index (χ0) is 12.1. The highest BCUT2D eigenvalue weighted by molar-refractivity contribution is 4.96. The van der Waals surface area contributed by atoms with Crippen LogP contribution < -0.4 is 5.32 Å². The van der Waals surface area contributed by atoms with Gasteiger partial charge in [0, 0.05) is 19.3 Å². The van der Waals surface area contributed by atoms with E-state index in [4.69, 9.17) is 9.47 Å². The van der Waals surface area contributed by atoms with E-state index in [0.29, 0.717) is 12.1 Å². The van der Waals surface area contributed by atoms with Gasteiger partial charge in [-0.25, -0.2) is 0 Å². The molecule has 2 aliphatic rings. The monoisotopic (exact) mass is 241 g/mol. The molecule has 0 aromatic carbocycles. The van der Waals surface area contributed by atoms with Crippen LogP contribution in [0.2, 0.25) is 0 Å². The molecule has 2 rings (SSSR count). The number of rotatable bonds is 7. The molecule has 17 heavy (non-hydrogen) atoms. The highest BCUT2D eigenvalue weighted by Gasteiger charge is 2.42. The van der Waals surface area contributed by atoms with Crippen molar-refractivity contribution in [2.75, 3.05) is 20.3 Å². The van der Waals surface area contributed by atoms with Crippen molar-refractivity contribution >= 4 is 0 Å². The summed E-state index contributed by atoms with van der Waals surface area (Å²) in [7, 11) is 2.01. The summed E-state index contributed by atoms with van der Waals surface area (Å²) in [5, 5.41) is 3.31. The first kappa shape index (κ1) is 13.3. The van der Waals surface area contributed by atoms with E-state index in [1.165, 1.54) is 25.7 Å². The molecule has 0 spiro atoms. The standard InChI is InChI=1S/C14H27NO2/c1-3-8-16-14-12(15-2)9-13(14)17-10-11-6-4-5-7-11/h11-15H,3-10H2,1-2H3. The zero-order valence-electron chi connectivity index (χ0n) is 11.3. The topological polar surface area (TPSA) is 30.5 Å². The van der Waals surface area contributed by atoms with Gasteiger partial charge >= 0.3 is 0 Å². The smallest absolute Gasteiger partial charge is 0.0990 e. The van der Waals surface area contributed by atoms with Gasteiger partial charge in [0.25, 0.3) is 0 Å². The summed E-state index contributed by atoms with van der Waals surface area (Å²) in [6.07, 6.45) is 8.33. The number of ether oxygens (including phenoxy) is 2. The van der Waals surface area contributed by atoms with Crippen molar-refractivity contribution in [3.8, 4) is 0 Å². The average molecular weight is 241 g/mol. The van der Waals surface area contributed by atoms with Gasteiger partial charge in [-0.2, -0.15) is 0 Å². The van der Waals surface area contributed by atoms with Gasteiger partial charge in [0.15, 0.2) is 0 Å². The van der Waals surface area contributed by atoms with Crippen LogP contribution in [-0.2, 0) is 9.47 Å². The molecule has 0 aromatic heterocycles. The quantitative estimate of drug-likeness (QED) is 0.742. The predicted molar refractivity (Wildman–Crippen MR) is 69.2 cm³/mol. The molecule has 3 unspecified atom stereocenters. The summed E-state index contributed by atoms with van der Waals surface area (Å²) >= 11 is 0. The Hall–Kier alpha value is -0.120. The first-order valence-electron chi connectivity index (χ1n) is 7.25. The maximum atomic E-state index is 6.04. The van der Waals surface area contributed by atoms with Crippen molar-refractivity contribution in [2.24, 2.45) is 5.92 Å². The van der Waals surface area contributed by atoms with Crippen molar-refractivity contribution in [2.45, 2.75) is 63.7 Å². The minimum atomic E-state index is 0.279. The Morgan fingerprint density at radius 1 is 1.18 bits per heavy atom. The maximum absolute atomic E-state index is 6.04. The third-order valence-electron chi connectivity index (χ3n) is 4.16. The largest absolute Gasteiger partial charge is 0.375 e. The Bertz CT molecular complexity index is 216. The van der Waals surface area contributed by atoms with Gasteiger partial charge in [0.1, 0.15) is 0 Å². The number of hydrogen-bond donors (Lipinski definition) is 1. The molecule has 0 heterocycles. The van der Waals surface area contributed by atoms with Crippen molar-refractivity contribution < 1.29 is 9.47 Å². The second-order valence-corrected chi connectivity index (χ2v) is 5.49. The minimum absolute atomic E-state index is 0.279. The van der Waals surface area contributed by atoms with Gasteiger partial charge in [-0.05, 0) is 38.6 Å². The van der Waals surface area contributed by atoms with Crippen LogP contribution in [0.15, 0.2) is 0 Å². The number of likely N-dealkylation sites (N-methyl/N-ethyl adjacent to an activating group) is 1. The fraction of sp³-hybridized carbons (Fsp3) is 1.00. The molecule has 0 amide bonds. The fourth-order valence-corrected chi connectivity index (χ4v) is 2.94. The van der Waals surface area contributed by atoms with Crippen molar-refractivity contribution in [1.29, 1.82) is 0 Å². The van der Waals surface area contributed by atoms with E-state index >= 15 is 0 Å². The maximum Gasteiger partial charge on any atom is 0.0990 e. The molecule has 0 saturated heterocycles. The molecule has 0 bridgehead atoms. The average Bonchev–Trinajstić information content (AvgIpc) is 2.81. The third kappa shape index (κ3) is 3.43. The van der Waals surface area contributed by atoms with Crippen molar-refractivity contribution in [1.82, 2.24) is 5.32 Å². The highest BCUT2D eigenvalue weighted by Crippen LogP contribution is 2.30. The van der Waals surface area contributed by atoms with Gasteiger partial charge in [-0.1, -0.05) is 19.8 Å². The van der Waals surface area contributed by atoms with Gasteiger partial charge in [-0.3, -0.25) is 0 Å². The molecule has 1 N–H and O–H groups in total. The molecule has 2 saturated carbocycles. The number of hydrogen-bond acceptors (Lipinski definition) is 3. The summed E-state index contributed by atoms with van der Waals surface area (Å²) < 4.78 is 11.9. The van der Waals surface area contributed by atoms with Gasteiger partial charge in [-0.15, -0.1) is 0 Å². The van der Waals surface area contributed by atoms with E-state index in [0.717, 1.165) is 32.0 Å². The summed E-state index contributed by atoms with van der Waals surface area (Å²) in [6, 6.07) is 0.495. The predicted octanol–water partition coefficient (Wildman–Crippen LogP) is 2.35. The lowest BCUT2D eigenvalue weighted by Gasteiger charge is -2.44. The molecular formula is C14H27NO2. The Kier molecular flexibility index (Phi) is 5.26. The number of nitrogens with one attached hydrogen (secondary N) is 1. The SMILES string of the molecule is CCCOC1C(NC)CC1OCC1CCCC1. The molecule has 3 atom stereocenters. The Labute approximate surface area is 105 Å². The molecule has 2 aliphatic carbocycles. The van der Waals surface area contributed by atoms with Crippen molar-refractivity contribution in [3.05, 3.63) is 0 Å². The second-order valence-electron chi connectivity index (χ2n) is 5.49. The van der Waals surface area contributed by atoms with E-state index in [9.17, 15) is 0 Å². The molecule has 3 heteroatoms. The van der Waals surface area contributed by atoms with E-state index < -0.39 is 0 Å². The Balaban J connectivity index is 1.68. The Morgan fingerprint density at radius 3 is 2.59 bits per heavy atom. The summed E-state index contributed by atoms with van der Waals surface area (Å²) in [4.78, 5) is 0. The lowest BCUT2D eigenvalue weighted by atomic mass is 9.85. The van der Waals surface area contributed by atoms with Crippen molar-refractivity contribution in [3.63, 3.8) is 0 Å². The van der Waals surface area contributed by atoms with Crippen LogP contribution in [0.25, 0.3) is 0 Å². The molecule has 0 aliphatic heterocycles. The van der Waals surface area contributed by atoms with E-state index in [1.807, 2.05) is 7.05 Å². The van der Waals surface area contributed by atoms with Crippen LogP contribution >= 0.6 is 0 Å². The third-order valence-corrected chi connectivity index (χ3v) is 4.16. The Morgan fingerprint density at radius 2 is 1.94 bits per heavy atom. The summed E-state index contributed by atoms with van der Waals surface area (Å²) in [6.45, 7) is 3.96. The van der Waals surface area contributed by atoms with E-state index in [-0.39, 0.29) is 6.10 Å². The van der Waals surface area contributed by atoms with Gasteiger partial charge < -0.3 is 14.8 Å².